The summed E-state index contributed by atoms with van der Waals surface area (Å²) in [6.45, 7) is 2.40. The van der Waals surface area contributed by atoms with Gasteiger partial charge in [0.25, 0.3) is 11.8 Å². The fourth-order valence-corrected chi connectivity index (χ4v) is 5.47. The van der Waals surface area contributed by atoms with E-state index in [0.29, 0.717) is 37.5 Å². The van der Waals surface area contributed by atoms with E-state index < -0.39 is 61.0 Å². The Morgan fingerprint density at radius 2 is 1.48 bits per heavy atom. The molecule has 0 aromatic rings. The summed E-state index contributed by atoms with van der Waals surface area (Å²) in [5.74, 6) is -1.60. The Morgan fingerprint density at radius 3 is 2.12 bits per heavy atom. The first-order valence-electron chi connectivity index (χ1n) is 14.6. The van der Waals surface area contributed by atoms with Crippen LogP contribution < -0.4 is 0 Å². The van der Waals surface area contributed by atoms with Gasteiger partial charge in [-0.25, -0.2) is 4.79 Å². The minimum absolute atomic E-state index is 0.0597. The molecule has 0 spiro atoms. The minimum Gasteiger partial charge on any atom is -0.394 e. The fourth-order valence-electron chi connectivity index (χ4n) is 5.47. The van der Waals surface area contributed by atoms with Crippen molar-refractivity contribution in [2.45, 2.75) is 120 Å². The predicted molar refractivity (Wildman–Crippen MR) is 139 cm³/mol. The van der Waals surface area contributed by atoms with Gasteiger partial charge in [0, 0.05) is 25.9 Å². The Balaban J connectivity index is 1.41. The lowest BCUT2D eigenvalue weighted by molar-refractivity contribution is -0.230. The first-order valence-corrected chi connectivity index (χ1v) is 14.6. The molecule has 0 bridgehead atoms. The van der Waals surface area contributed by atoms with Crippen LogP contribution in [0.3, 0.4) is 0 Å². The maximum Gasteiger partial charge on any atom is 0.333 e. The molecule has 0 aliphatic carbocycles. The van der Waals surface area contributed by atoms with E-state index in [0.717, 1.165) is 51.6 Å². The van der Waals surface area contributed by atoms with Gasteiger partial charge < -0.3 is 44.7 Å². The molecule has 40 heavy (non-hydrogen) atoms. The van der Waals surface area contributed by atoms with Crippen LogP contribution in [0.4, 0.5) is 0 Å². The predicted octanol–water partition coefficient (Wildman–Crippen LogP) is -0.601. The van der Waals surface area contributed by atoms with Crippen molar-refractivity contribution in [2.24, 2.45) is 0 Å². The first kappa shape index (κ1) is 32.8. The average molecular weight is 575 g/mol. The van der Waals surface area contributed by atoms with Crippen LogP contribution in [-0.4, -0.2) is 129 Å². The number of hydrogen-bond acceptors (Lipinski definition) is 12. The number of rotatable bonds is 16. The van der Waals surface area contributed by atoms with Crippen LogP contribution in [-0.2, 0) is 28.7 Å². The van der Waals surface area contributed by atoms with Crippen molar-refractivity contribution in [3.63, 3.8) is 0 Å². The number of amides is 2. The number of aliphatic hydroxyl groups excluding tert-OH is 5. The van der Waals surface area contributed by atoms with Gasteiger partial charge in [-0.1, -0.05) is 6.42 Å². The standard InChI is InChI=1S/C27H46N2O11/c30-17-21-26(36)27(37)25(35)20(39-21)9-5-15-28(14-4-8-19-18(31)7-6-16-38-19)13-3-1-2-10-24(34)40-29-22(32)11-12-23(29)33/h18-21,25-27,30-31,35-37H,1-17H2/t18?,19?,20-,21?,25?,26-,27?/m1/s1. The summed E-state index contributed by atoms with van der Waals surface area (Å²) < 4.78 is 11.3. The molecular formula is C27H46N2O11. The van der Waals surface area contributed by atoms with E-state index in [-0.39, 0.29) is 25.4 Å². The van der Waals surface area contributed by atoms with Gasteiger partial charge in [-0.05, 0) is 71.0 Å². The topological polar surface area (TPSA) is 187 Å². The summed E-state index contributed by atoms with van der Waals surface area (Å²) in [6, 6.07) is 0. The van der Waals surface area contributed by atoms with E-state index in [1.165, 1.54) is 0 Å². The summed E-state index contributed by atoms with van der Waals surface area (Å²) in [6.07, 6.45) is 0.326. The largest absolute Gasteiger partial charge is 0.394 e. The maximum atomic E-state index is 12.0. The summed E-state index contributed by atoms with van der Waals surface area (Å²) >= 11 is 0. The van der Waals surface area contributed by atoms with E-state index in [4.69, 9.17) is 14.3 Å². The average Bonchev–Trinajstić information content (AvgIpc) is 3.25. The third kappa shape index (κ3) is 9.69. The van der Waals surface area contributed by atoms with Crippen molar-refractivity contribution in [1.82, 2.24) is 9.96 Å². The van der Waals surface area contributed by atoms with E-state index >= 15 is 0 Å². The van der Waals surface area contributed by atoms with Crippen LogP contribution in [0.5, 0.6) is 0 Å². The molecule has 3 heterocycles. The minimum atomic E-state index is -1.39. The quantitative estimate of drug-likeness (QED) is 0.117. The number of nitrogens with zero attached hydrogens (tertiary/aromatic N) is 2. The van der Waals surface area contributed by atoms with Crippen LogP contribution in [0.2, 0.25) is 0 Å². The molecule has 3 rings (SSSR count). The van der Waals surface area contributed by atoms with Crippen LogP contribution >= 0.6 is 0 Å². The smallest absolute Gasteiger partial charge is 0.333 e. The van der Waals surface area contributed by atoms with E-state index in [2.05, 4.69) is 4.90 Å². The van der Waals surface area contributed by atoms with Crippen molar-refractivity contribution >= 4 is 17.8 Å². The molecule has 5 N–H and O–H groups in total. The molecule has 0 radical (unpaired) electrons. The van der Waals surface area contributed by atoms with Crippen molar-refractivity contribution < 1.29 is 54.2 Å². The fraction of sp³-hybridized carbons (Fsp3) is 0.889. The van der Waals surface area contributed by atoms with Crippen LogP contribution in [0.15, 0.2) is 0 Å². The van der Waals surface area contributed by atoms with Gasteiger partial charge in [0.15, 0.2) is 0 Å². The molecule has 2 amide bonds. The Labute approximate surface area is 234 Å². The molecule has 0 saturated carbocycles. The molecule has 3 aliphatic heterocycles. The van der Waals surface area contributed by atoms with Crippen LogP contribution in [0.1, 0.15) is 77.0 Å². The Kier molecular flexibility index (Phi) is 13.7. The number of carbonyl (C=O) groups is 3. The Morgan fingerprint density at radius 1 is 0.850 bits per heavy atom. The second kappa shape index (κ2) is 16.7. The number of unbranched alkanes of at least 4 members (excludes halogenated alkanes) is 2. The second-order valence-electron chi connectivity index (χ2n) is 11.0. The van der Waals surface area contributed by atoms with E-state index in [1.54, 1.807) is 0 Å². The van der Waals surface area contributed by atoms with Crippen molar-refractivity contribution in [1.29, 1.82) is 0 Å². The molecule has 230 valence electrons. The monoisotopic (exact) mass is 574 g/mol. The number of hydroxylamine groups is 2. The highest BCUT2D eigenvalue weighted by molar-refractivity contribution is 6.01. The van der Waals surface area contributed by atoms with Crippen LogP contribution in [0.25, 0.3) is 0 Å². The Bertz CT molecular complexity index is 797. The van der Waals surface area contributed by atoms with Crippen LogP contribution in [0, 0.1) is 0 Å². The number of hydrogen-bond donors (Lipinski definition) is 5. The van der Waals surface area contributed by atoms with Crippen molar-refractivity contribution in [2.75, 3.05) is 32.8 Å². The first-order chi connectivity index (χ1) is 19.2. The van der Waals surface area contributed by atoms with Gasteiger partial charge >= 0.3 is 5.97 Å². The molecule has 13 heteroatoms. The third-order valence-electron chi connectivity index (χ3n) is 7.88. The molecule has 3 saturated heterocycles. The number of aliphatic hydroxyl groups is 5. The molecule has 7 atom stereocenters. The highest BCUT2D eigenvalue weighted by Crippen LogP contribution is 2.24. The zero-order chi connectivity index (χ0) is 29.1. The molecule has 3 aliphatic rings. The summed E-state index contributed by atoms with van der Waals surface area (Å²) in [7, 11) is 0. The molecule has 0 aromatic carbocycles. The zero-order valence-electron chi connectivity index (χ0n) is 23.1. The third-order valence-corrected chi connectivity index (χ3v) is 7.88. The summed E-state index contributed by atoms with van der Waals surface area (Å²) in [4.78, 5) is 42.4. The van der Waals surface area contributed by atoms with Gasteiger partial charge in [0.1, 0.15) is 24.4 Å². The summed E-state index contributed by atoms with van der Waals surface area (Å²) in [5.41, 5.74) is 0. The van der Waals surface area contributed by atoms with E-state index in [9.17, 15) is 39.9 Å². The van der Waals surface area contributed by atoms with Gasteiger partial charge in [0.05, 0.1) is 24.9 Å². The number of imide groups is 1. The molecule has 13 nitrogen and oxygen atoms in total. The lowest BCUT2D eigenvalue weighted by atomic mass is 9.93. The van der Waals surface area contributed by atoms with Gasteiger partial charge in [0.2, 0.25) is 0 Å². The highest BCUT2D eigenvalue weighted by Gasteiger charge is 2.43. The lowest BCUT2D eigenvalue weighted by Gasteiger charge is -2.40. The SMILES string of the molecule is O=C(CCCCCN(CCCC1OCCCC1O)CCC[C@H]1OC(CO)[C@@H](O)C(O)C1O)ON1C(=O)CCC1=O. The van der Waals surface area contributed by atoms with Crippen molar-refractivity contribution in [3.05, 3.63) is 0 Å². The Hall–Kier alpha value is -1.71. The van der Waals surface area contributed by atoms with E-state index in [1.807, 2.05) is 0 Å². The molecule has 3 fully saturated rings. The second-order valence-corrected chi connectivity index (χ2v) is 11.0. The molecular weight excluding hydrogens is 528 g/mol. The van der Waals surface area contributed by atoms with Crippen molar-refractivity contribution in [3.8, 4) is 0 Å². The highest BCUT2D eigenvalue weighted by atomic mass is 16.7. The zero-order valence-corrected chi connectivity index (χ0v) is 23.1. The lowest BCUT2D eigenvalue weighted by Crippen LogP contribution is -2.58. The maximum absolute atomic E-state index is 12.0. The molecule has 0 aromatic heterocycles. The van der Waals surface area contributed by atoms with Gasteiger partial charge in [-0.3, -0.25) is 9.59 Å². The summed E-state index contributed by atoms with van der Waals surface area (Å²) in [5, 5.41) is 50.5. The number of ether oxygens (including phenoxy) is 2. The molecule has 5 unspecified atom stereocenters. The van der Waals surface area contributed by atoms with Gasteiger partial charge in [-0.15, -0.1) is 5.06 Å². The van der Waals surface area contributed by atoms with Gasteiger partial charge in [-0.2, -0.15) is 0 Å². The number of carbonyl (C=O) groups excluding carboxylic acids is 3. The normalized spacial score (nSPS) is 31.2.